The first kappa shape index (κ1) is 13.1. The highest BCUT2D eigenvalue weighted by Crippen LogP contribution is 2.33. The van der Waals surface area contributed by atoms with Crippen LogP contribution in [0.3, 0.4) is 0 Å². The van der Waals surface area contributed by atoms with Crippen molar-refractivity contribution in [3.63, 3.8) is 0 Å². The SMILES string of the molecule is C[C@H](NCC1CCOc2ccccc21)c1cccnc1. The summed E-state index contributed by atoms with van der Waals surface area (Å²) in [6.45, 7) is 3.96. The molecule has 3 rings (SSSR count). The molecular formula is C17H20N2O. The molecule has 1 aromatic heterocycles. The van der Waals surface area contributed by atoms with Crippen molar-refractivity contribution in [2.24, 2.45) is 0 Å². The maximum Gasteiger partial charge on any atom is 0.122 e. The van der Waals surface area contributed by atoms with Gasteiger partial charge in [-0.2, -0.15) is 0 Å². The summed E-state index contributed by atoms with van der Waals surface area (Å²) >= 11 is 0. The summed E-state index contributed by atoms with van der Waals surface area (Å²) in [6, 6.07) is 12.8. The highest BCUT2D eigenvalue weighted by Gasteiger charge is 2.21. The van der Waals surface area contributed by atoms with Crippen LogP contribution in [0.15, 0.2) is 48.8 Å². The van der Waals surface area contributed by atoms with E-state index in [2.05, 4.69) is 41.5 Å². The molecular weight excluding hydrogens is 248 g/mol. The normalized spacial score (nSPS) is 18.9. The van der Waals surface area contributed by atoms with Crippen molar-refractivity contribution in [3.05, 3.63) is 59.9 Å². The lowest BCUT2D eigenvalue weighted by Gasteiger charge is -2.27. The quantitative estimate of drug-likeness (QED) is 0.924. The summed E-state index contributed by atoms with van der Waals surface area (Å²) in [5.41, 5.74) is 2.55. The Hall–Kier alpha value is -1.87. The third-order valence-electron chi connectivity index (χ3n) is 3.94. The van der Waals surface area contributed by atoms with Crippen molar-refractivity contribution < 1.29 is 4.74 Å². The number of hydrogen-bond acceptors (Lipinski definition) is 3. The highest BCUT2D eigenvalue weighted by atomic mass is 16.5. The van der Waals surface area contributed by atoms with Gasteiger partial charge in [0.25, 0.3) is 0 Å². The molecule has 1 aliphatic heterocycles. The van der Waals surface area contributed by atoms with E-state index in [0.29, 0.717) is 12.0 Å². The molecule has 1 aliphatic rings. The van der Waals surface area contributed by atoms with Crippen molar-refractivity contribution >= 4 is 0 Å². The van der Waals surface area contributed by atoms with Gasteiger partial charge in [0.15, 0.2) is 0 Å². The largest absolute Gasteiger partial charge is 0.493 e. The molecule has 2 atom stereocenters. The molecule has 1 aromatic carbocycles. The summed E-state index contributed by atoms with van der Waals surface area (Å²) in [5.74, 6) is 1.57. The molecule has 3 heteroatoms. The number of ether oxygens (including phenoxy) is 1. The van der Waals surface area contributed by atoms with Crippen LogP contribution in [0.5, 0.6) is 5.75 Å². The number of fused-ring (bicyclic) bond motifs is 1. The molecule has 0 radical (unpaired) electrons. The molecule has 0 aliphatic carbocycles. The number of para-hydroxylation sites is 1. The fourth-order valence-electron chi connectivity index (χ4n) is 2.70. The van der Waals surface area contributed by atoms with Crippen LogP contribution in [0.1, 0.15) is 36.4 Å². The predicted molar refractivity (Wildman–Crippen MR) is 79.9 cm³/mol. The predicted octanol–water partition coefficient (Wildman–Crippen LogP) is 3.30. The Morgan fingerprint density at radius 2 is 2.20 bits per heavy atom. The highest BCUT2D eigenvalue weighted by molar-refractivity contribution is 5.38. The maximum absolute atomic E-state index is 5.71. The Bertz CT molecular complexity index is 556. The lowest BCUT2D eigenvalue weighted by atomic mass is 9.93. The van der Waals surface area contributed by atoms with Gasteiger partial charge in [0, 0.05) is 30.9 Å². The van der Waals surface area contributed by atoms with Gasteiger partial charge in [0.1, 0.15) is 5.75 Å². The average Bonchev–Trinajstić information content (AvgIpc) is 2.53. The standard InChI is InChI=1S/C17H20N2O/c1-13(14-5-4-9-18-11-14)19-12-15-8-10-20-17-7-3-2-6-16(15)17/h2-7,9,11,13,15,19H,8,10,12H2,1H3/t13-,15?/m0/s1. The van der Waals surface area contributed by atoms with E-state index in [1.54, 1.807) is 0 Å². The van der Waals surface area contributed by atoms with Crippen LogP contribution in [0.2, 0.25) is 0 Å². The third-order valence-corrected chi connectivity index (χ3v) is 3.94. The molecule has 0 amide bonds. The summed E-state index contributed by atoms with van der Waals surface area (Å²) in [5, 5.41) is 3.61. The third kappa shape index (κ3) is 2.83. The van der Waals surface area contributed by atoms with Gasteiger partial charge in [-0.3, -0.25) is 4.98 Å². The molecule has 1 N–H and O–H groups in total. The minimum atomic E-state index is 0.318. The number of nitrogens with one attached hydrogen (secondary N) is 1. The van der Waals surface area contributed by atoms with E-state index in [9.17, 15) is 0 Å². The van der Waals surface area contributed by atoms with Crippen LogP contribution in [0, 0.1) is 0 Å². The molecule has 0 saturated heterocycles. The number of hydrogen-bond donors (Lipinski definition) is 1. The summed E-state index contributed by atoms with van der Waals surface area (Å²) in [7, 11) is 0. The zero-order chi connectivity index (χ0) is 13.8. The molecule has 20 heavy (non-hydrogen) atoms. The Kier molecular flexibility index (Phi) is 3.97. The van der Waals surface area contributed by atoms with E-state index in [-0.39, 0.29) is 0 Å². The second-order valence-corrected chi connectivity index (χ2v) is 5.29. The van der Waals surface area contributed by atoms with Crippen LogP contribution in [0.4, 0.5) is 0 Å². The first-order valence-electron chi connectivity index (χ1n) is 7.19. The lowest BCUT2D eigenvalue weighted by Crippen LogP contribution is -2.28. The zero-order valence-electron chi connectivity index (χ0n) is 11.8. The van der Waals surface area contributed by atoms with Gasteiger partial charge >= 0.3 is 0 Å². The summed E-state index contributed by atoms with van der Waals surface area (Å²) in [6.07, 6.45) is 4.81. The fraction of sp³-hybridized carbons (Fsp3) is 0.353. The Labute approximate surface area is 120 Å². The van der Waals surface area contributed by atoms with Crippen LogP contribution < -0.4 is 10.1 Å². The van der Waals surface area contributed by atoms with E-state index in [4.69, 9.17) is 4.74 Å². The van der Waals surface area contributed by atoms with Crippen molar-refractivity contribution in [2.75, 3.05) is 13.2 Å². The zero-order valence-corrected chi connectivity index (χ0v) is 11.8. The molecule has 0 spiro atoms. The monoisotopic (exact) mass is 268 g/mol. The van der Waals surface area contributed by atoms with Gasteiger partial charge in [-0.05, 0) is 36.6 Å². The molecule has 0 fully saturated rings. The van der Waals surface area contributed by atoms with E-state index >= 15 is 0 Å². The molecule has 1 unspecified atom stereocenters. The second-order valence-electron chi connectivity index (χ2n) is 5.29. The van der Waals surface area contributed by atoms with Crippen molar-refractivity contribution in [1.29, 1.82) is 0 Å². The summed E-state index contributed by atoms with van der Waals surface area (Å²) in [4.78, 5) is 4.18. The van der Waals surface area contributed by atoms with Crippen LogP contribution >= 0.6 is 0 Å². The minimum absolute atomic E-state index is 0.318. The minimum Gasteiger partial charge on any atom is -0.493 e. The summed E-state index contributed by atoms with van der Waals surface area (Å²) < 4.78 is 5.71. The van der Waals surface area contributed by atoms with E-state index in [1.807, 2.05) is 24.5 Å². The Morgan fingerprint density at radius 1 is 1.30 bits per heavy atom. The number of nitrogens with zero attached hydrogens (tertiary/aromatic N) is 1. The average molecular weight is 268 g/mol. The van der Waals surface area contributed by atoms with Crippen molar-refractivity contribution in [3.8, 4) is 5.75 Å². The molecule has 2 aromatic rings. The van der Waals surface area contributed by atoms with Gasteiger partial charge in [-0.15, -0.1) is 0 Å². The molecule has 2 heterocycles. The van der Waals surface area contributed by atoms with Gasteiger partial charge in [-0.1, -0.05) is 24.3 Å². The number of rotatable bonds is 4. The first-order valence-corrected chi connectivity index (χ1v) is 7.19. The number of aromatic nitrogens is 1. The molecule has 0 bridgehead atoms. The Balaban J connectivity index is 1.65. The first-order chi connectivity index (χ1) is 9.84. The van der Waals surface area contributed by atoms with Crippen LogP contribution in [0.25, 0.3) is 0 Å². The van der Waals surface area contributed by atoms with E-state index in [0.717, 1.165) is 25.3 Å². The second kappa shape index (κ2) is 6.06. The smallest absolute Gasteiger partial charge is 0.122 e. The van der Waals surface area contributed by atoms with Gasteiger partial charge in [0.05, 0.1) is 6.61 Å². The van der Waals surface area contributed by atoms with Crippen LogP contribution in [-0.2, 0) is 0 Å². The molecule has 104 valence electrons. The van der Waals surface area contributed by atoms with E-state index in [1.165, 1.54) is 11.1 Å². The molecule has 0 saturated carbocycles. The maximum atomic E-state index is 5.71. The fourth-order valence-corrected chi connectivity index (χ4v) is 2.70. The van der Waals surface area contributed by atoms with Gasteiger partial charge in [-0.25, -0.2) is 0 Å². The van der Waals surface area contributed by atoms with Crippen molar-refractivity contribution in [1.82, 2.24) is 10.3 Å². The van der Waals surface area contributed by atoms with Crippen LogP contribution in [-0.4, -0.2) is 18.1 Å². The van der Waals surface area contributed by atoms with Gasteiger partial charge < -0.3 is 10.1 Å². The number of benzene rings is 1. The lowest BCUT2D eigenvalue weighted by molar-refractivity contribution is 0.263. The van der Waals surface area contributed by atoms with Gasteiger partial charge in [0.2, 0.25) is 0 Å². The van der Waals surface area contributed by atoms with Crippen molar-refractivity contribution in [2.45, 2.75) is 25.3 Å². The topological polar surface area (TPSA) is 34.1 Å². The van der Waals surface area contributed by atoms with E-state index < -0.39 is 0 Å². The Morgan fingerprint density at radius 3 is 3.05 bits per heavy atom. The number of pyridine rings is 1. The molecule has 3 nitrogen and oxygen atoms in total.